The van der Waals surface area contributed by atoms with Crippen molar-refractivity contribution in [3.8, 4) is 0 Å². The largest absolute Gasteiger partial charge is 0.373 e. The van der Waals surface area contributed by atoms with Crippen molar-refractivity contribution < 1.29 is 0 Å². The molecule has 1 aromatic rings. The van der Waals surface area contributed by atoms with Gasteiger partial charge in [-0.2, -0.15) is 0 Å². The summed E-state index contributed by atoms with van der Waals surface area (Å²) in [7, 11) is 1.94. The van der Waals surface area contributed by atoms with Crippen LogP contribution in [0.4, 0.5) is 11.6 Å². The summed E-state index contributed by atoms with van der Waals surface area (Å²) in [5, 5.41) is 3.18. The summed E-state index contributed by atoms with van der Waals surface area (Å²) in [5.41, 5.74) is 0. The Morgan fingerprint density at radius 2 is 2.00 bits per heavy atom. The van der Waals surface area contributed by atoms with Gasteiger partial charge in [0.25, 0.3) is 0 Å². The smallest absolute Gasteiger partial charge is 0.134 e. The van der Waals surface area contributed by atoms with Gasteiger partial charge in [0.15, 0.2) is 0 Å². The van der Waals surface area contributed by atoms with E-state index in [0.29, 0.717) is 6.04 Å². The number of fused-ring (bicyclic) bond motifs is 1. The highest BCUT2D eigenvalue weighted by molar-refractivity contribution is 5.50. The van der Waals surface area contributed by atoms with Crippen molar-refractivity contribution in [3.63, 3.8) is 0 Å². The van der Waals surface area contributed by atoms with E-state index in [9.17, 15) is 0 Å². The van der Waals surface area contributed by atoms with E-state index in [1.807, 2.05) is 7.05 Å². The molecule has 2 aliphatic rings. The average molecular weight is 274 g/mol. The van der Waals surface area contributed by atoms with Crippen LogP contribution < -0.4 is 10.2 Å². The SMILES string of the molecule is CCc1nc(NC)cc(N2CCCC3CCCCC32)n1. The quantitative estimate of drug-likeness (QED) is 0.918. The zero-order valence-corrected chi connectivity index (χ0v) is 12.7. The number of hydrogen-bond acceptors (Lipinski definition) is 4. The molecule has 0 bridgehead atoms. The van der Waals surface area contributed by atoms with E-state index >= 15 is 0 Å². The van der Waals surface area contributed by atoms with Crippen LogP contribution in [0.1, 0.15) is 51.3 Å². The summed E-state index contributed by atoms with van der Waals surface area (Å²) in [5.74, 6) is 3.92. The number of nitrogens with zero attached hydrogens (tertiary/aromatic N) is 3. The molecule has 0 aromatic carbocycles. The Morgan fingerprint density at radius 1 is 1.20 bits per heavy atom. The van der Waals surface area contributed by atoms with E-state index in [4.69, 9.17) is 4.98 Å². The minimum atomic E-state index is 0.710. The van der Waals surface area contributed by atoms with Crippen molar-refractivity contribution in [2.24, 2.45) is 5.92 Å². The van der Waals surface area contributed by atoms with Gasteiger partial charge in [0.05, 0.1) is 0 Å². The van der Waals surface area contributed by atoms with Gasteiger partial charge in [0.1, 0.15) is 17.5 Å². The Bertz CT molecular complexity index is 436. The number of rotatable bonds is 3. The highest BCUT2D eigenvalue weighted by Gasteiger charge is 2.34. The number of aromatic nitrogens is 2. The second-order valence-electron chi connectivity index (χ2n) is 6.08. The van der Waals surface area contributed by atoms with E-state index < -0.39 is 0 Å². The third kappa shape index (κ3) is 2.60. The lowest BCUT2D eigenvalue weighted by Gasteiger charge is -2.44. The Balaban J connectivity index is 1.90. The first-order valence-corrected chi connectivity index (χ1v) is 8.14. The maximum absolute atomic E-state index is 4.79. The summed E-state index contributed by atoms with van der Waals surface area (Å²) >= 11 is 0. The van der Waals surface area contributed by atoms with Crippen molar-refractivity contribution in [1.82, 2.24) is 9.97 Å². The molecular formula is C16H26N4. The Morgan fingerprint density at radius 3 is 2.80 bits per heavy atom. The first kappa shape index (κ1) is 13.7. The molecule has 2 fully saturated rings. The van der Waals surface area contributed by atoms with Crippen LogP contribution in [0, 0.1) is 5.92 Å². The molecule has 4 heteroatoms. The van der Waals surface area contributed by atoms with Gasteiger partial charge in [-0.15, -0.1) is 0 Å². The minimum absolute atomic E-state index is 0.710. The van der Waals surface area contributed by atoms with E-state index in [1.54, 1.807) is 0 Å². The third-order valence-electron chi connectivity index (χ3n) is 4.87. The third-order valence-corrected chi connectivity index (χ3v) is 4.87. The van der Waals surface area contributed by atoms with Crippen molar-refractivity contribution in [2.45, 2.75) is 57.9 Å². The molecule has 1 saturated heterocycles. The number of anilines is 2. The molecule has 0 amide bonds. The number of hydrogen-bond donors (Lipinski definition) is 1. The fourth-order valence-electron chi connectivity index (χ4n) is 3.83. The zero-order valence-electron chi connectivity index (χ0n) is 12.7. The first-order valence-electron chi connectivity index (χ1n) is 8.14. The van der Waals surface area contributed by atoms with Crippen molar-refractivity contribution in [1.29, 1.82) is 0 Å². The summed E-state index contributed by atoms with van der Waals surface area (Å²) in [6, 6.07) is 2.83. The van der Waals surface area contributed by atoms with Crippen molar-refractivity contribution >= 4 is 11.6 Å². The Kier molecular flexibility index (Phi) is 4.08. The molecule has 3 rings (SSSR count). The molecule has 20 heavy (non-hydrogen) atoms. The fraction of sp³-hybridized carbons (Fsp3) is 0.750. The number of nitrogens with one attached hydrogen (secondary N) is 1. The molecule has 1 aromatic heterocycles. The highest BCUT2D eigenvalue weighted by Crippen LogP contribution is 2.37. The molecule has 2 unspecified atom stereocenters. The van der Waals surface area contributed by atoms with Crippen LogP contribution in [0.2, 0.25) is 0 Å². The normalized spacial score (nSPS) is 26.2. The molecular weight excluding hydrogens is 248 g/mol. The first-order chi connectivity index (χ1) is 9.81. The van der Waals surface area contributed by atoms with E-state index in [0.717, 1.165) is 36.3 Å². The number of aryl methyl sites for hydroxylation is 1. The van der Waals surface area contributed by atoms with Gasteiger partial charge in [-0.1, -0.05) is 19.8 Å². The zero-order chi connectivity index (χ0) is 13.9. The molecule has 1 aliphatic carbocycles. The molecule has 1 aliphatic heterocycles. The number of piperidine rings is 1. The molecule has 4 nitrogen and oxygen atoms in total. The van der Waals surface area contributed by atoms with Crippen LogP contribution in [-0.4, -0.2) is 29.6 Å². The standard InChI is InChI=1S/C16H26N4/c1-3-14-18-15(17-2)11-16(19-14)20-10-6-8-12-7-4-5-9-13(12)20/h11-13H,3-10H2,1-2H3,(H,17,18,19). The predicted octanol–water partition coefficient (Wildman–Crippen LogP) is 3.24. The topological polar surface area (TPSA) is 41.1 Å². The van der Waals surface area contributed by atoms with Crippen LogP contribution in [0.25, 0.3) is 0 Å². The van der Waals surface area contributed by atoms with Gasteiger partial charge in [0.2, 0.25) is 0 Å². The lowest BCUT2D eigenvalue weighted by Crippen LogP contribution is -2.47. The van der Waals surface area contributed by atoms with Crippen LogP contribution in [0.3, 0.4) is 0 Å². The molecule has 2 heterocycles. The van der Waals surface area contributed by atoms with Gasteiger partial charge in [-0.3, -0.25) is 0 Å². The fourth-order valence-corrected chi connectivity index (χ4v) is 3.83. The minimum Gasteiger partial charge on any atom is -0.373 e. The van der Waals surface area contributed by atoms with Gasteiger partial charge in [-0.25, -0.2) is 9.97 Å². The average Bonchev–Trinajstić information content (AvgIpc) is 2.53. The second-order valence-corrected chi connectivity index (χ2v) is 6.08. The molecule has 0 radical (unpaired) electrons. The van der Waals surface area contributed by atoms with Gasteiger partial charge in [0, 0.05) is 32.1 Å². The molecule has 1 saturated carbocycles. The van der Waals surface area contributed by atoms with Crippen LogP contribution >= 0.6 is 0 Å². The summed E-state index contributed by atoms with van der Waals surface area (Å²) in [6.45, 7) is 3.28. The van der Waals surface area contributed by atoms with E-state index in [-0.39, 0.29) is 0 Å². The lowest BCUT2D eigenvalue weighted by atomic mass is 9.78. The Hall–Kier alpha value is -1.32. The van der Waals surface area contributed by atoms with Gasteiger partial charge < -0.3 is 10.2 Å². The Labute approximate surface area is 122 Å². The molecule has 0 spiro atoms. The maximum Gasteiger partial charge on any atom is 0.134 e. The maximum atomic E-state index is 4.79. The summed E-state index contributed by atoms with van der Waals surface area (Å²) < 4.78 is 0. The highest BCUT2D eigenvalue weighted by atomic mass is 15.2. The predicted molar refractivity (Wildman–Crippen MR) is 83.3 cm³/mol. The van der Waals surface area contributed by atoms with Gasteiger partial charge >= 0.3 is 0 Å². The van der Waals surface area contributed by atoms with Crippen molar-refractivity contribution in [2.75, 3.05) is 23.8 Å². The molecule has 1 N–H and O–H groups in total. The van der Waals surface area contributed by atoms with E-state index in [1.165, 1.54) is 38.5 Å². The lowest BCUT2D eigenvalue weighted by molar-refractivity contribution is 0.242. The van der Waals surface area contributed by atoms with Gasteiger partial charge in [-0.05, 0) is 31.6 Å². The van der Waals surface area contributed by atoms with Crippen molar-refractivity contribution in [3.05, 3.63) is 11.9 Å². The second kappa shape index (κ2) is 5.98. The molecule has 2 atom stereocenters. The van der Waals surface area contributed by atoms with Crippen LogP contribution in [-0.2, 0) is 6.42 Å². The van der Waals surface area contributed by atoms with Crippen LogP contribution in [0.15, 0.2) is 6.07 Å². The monoisotopic (exact) mass is 274 g/mol. The summed E-state index contributed by atoms with van der Waals surface area (Å²) in [4.78, 5) is 11.9. The van der Waals surface area contributed by atoms with Crippen LogP contribution in [0.5, 0.6) is 0 Å². The molecule has 110 valence electrons. The summed E-state index contributed by atoms with van der Waals surface area (Å²) in [6.07, 6.45) is 9.15. The van der Waals surface area contributed by atoms with E-state index in [2.05, 4.69) is 28.2 Å².